The van der Waals surface area contributed by atoms with Gasteiger partial charge in [-0.05, 0) is 80.6 Å². The van der Waals surface area contributed by atoms with Crippen molar-refractivity contribution in [3.8, 4) is 11.5 Å². The SMILES string of the molecule is CCOc1ccc(N2C(=O)c3ccc(C(=O)OC(C)C(=O)Nc4ccc(OC)cc4)cc3C2=O)cc1. The monoisotopic (exact) mass is 488 g/mol. The predicted molar refractivity (Wildman–Crippen MR) is 132 cm³/mol. The summed E-state index contributed by atoms with van der Waals surface area (Å²) in [6, 6.07) is 17.4. The molecule has 0 bridgehead atoms. The Kier molecular flexibility index (Phi) is 7.00. The Morgan fingerprint density at radius 3 is 2.17 bits per heavy atom. The maximum absolute atomic E-state index is 13.0. The molecule has 36 heavy (non-hydrogen) atoms. The fraction of sp³-hybridized carbons (Fsp3) is 0.185. The van der Waals surface area contributed by atoms with Crippen molar-refractivity contribution >= 4 is 35.1 Å². The average Bonchev–Trinajstić information content (AvgIpc) is 3.14. The van der Waals surface area contributed by atoms with Gasteiger partial charge in [0.05, 0.1) is 36.1 Å². The summed E-state index contributed by atoms with van der Waals surface area (Å²) in [6.45, 7) is 3.79. The fourth-order valence-electron chi connectivity index (χ4n) is 3.66. The molecular formula is C27H24N2O7. The Morgan fingerprint density at radius 1 is 0.889 bits per heavy atom. The Hall–Kier alpha value is -4.66. The zero-order valence-corrected chi connectivity index (χ0v) is 19.9. The molecule has 0 radical (unpaired) electrons. The number of ether oxygens (including phenoxy) is 3. The lowest BCUT2D eigenvalue weighted by Crippen LogP contribution is -2.30. The van der Waals surface area contributed by atoms with E-state index in [1.165, 1.54) is 32.2 Å². The van der Waals surface area contributed by atoms with Gasteiger partial charge in [0, 0.05) is 5.69 Å². The summed E-state index contributed by atoms with van der Waals surface area (Å²) in [5.41, 5.74) is 1.21. The van der Waals surface area contributed by atoms with Crippen LogP contribution in [0.4, 0.5) is 11.4 Å². The van der Waals surface area contributed by atoms with Crippen molar-refractivity contribution in [3.05, 3.63) is 83.4 Å². The van der Waals surface area contributed by atoms with Crippen LogP contribution in [0, 0.1) is 0 Å². The first-order valence-corrected chi connectivity index (χ1v) is 11.2. The van der Waals surface area contributed by atoms with E-state index in [9.17, 15) is 19.2 Å². The molecular weight excluding hydrogens is 464 g/mol. The topological polar surface area (TPSA) is 111 Å². The van der Waals surface area contributed by atoms with E-state index in [1.807, 2.05) is 6.92 Å². The minimum atomic E-state index is -1.11. The van der Waals surface area contributed by atoms with Crippen LogP contribution in [-0.2, 0) is 9.53 Å². The molecule has 0 spiro atoms. The molecule has 3 aromatic rings. The number of methoxy groups -OCH3 is 1. The number of esters is 1. The maximum Gasteiger partial charge on any atom is 0.338 e. The van der Waals surface area contributed by atoms with Gasteiger partial charge in [-0.2, -0.15) is 0 Å². The van der Waals surface area contributed by atoms with E-state index >= 15 is 0 Å². The lowest BCUT2D eigenvalue weighted by molar-refractivity contribution is -0.123. The number of rotatable bonds is 8. The first-order valence-electron chi connectivity index (χ1n) is 11.2. The summed E-state index contributed by atoms with van der Waals surface area (Å²) >= 11 is 0. The van der Waals surface area contributed by atoms with E-state index in [0.29, 0.717) is 29.5 Å². The van der Waals surface area contributed by atoms with Crippen molar-refractivity contribution in [1.82, 2.24) is 0 Å². The third-order valence-corrected chi connectivity index (χ3v) is 5.54. The molecule has 1 aliphatic rings. The summed E-state index contributed by atoms with van der Waals surface area (Å²) < 4.78 is 15.8. The largest absolute Gasteiger partial charge is 0.497 e. The van der Waals surface area contributed by atoms with Gasteiger partial charge in [-0.1, -0.05) is 0 Å². The molecule has 1 atom stereocenters. The molecule has 0 saturated heterocycles. The number of fused-ring (bicyclic) bond motifs is 1. The van der Waals surface area contributed by atoms with E-state index in [1.54, 1.807) is 48.5 Å². The molecule has 1 N–H and O–H groups in total. The molecule has 184 valence electrons. The standard InChI is InChI=1S/C27H24N2O7/c1-4-35-21-12-8-19(9-13-21)29-25(31)22-14-5-17(15-23(22)26(29)32)27(33)36-16(2)24(30)28-18-6-10-20(34-3)11-7-18/h5-16H,4H2,1-3H3,(H,28,30). The fourth-order valence-corrected chi connectivity index (χ4v) is 3.66. The van der Waals surface area contributed by atoms with Gasteiger partial charge in [-0.3, -0.25) is 14.4 Å². The quantitative estimate of drug-likeness (QED) is 0.376. The molecule has 4 rings (SSSR count). The predicted octanol–water partition coefficient (Wildman–Crippen LogP) is 4.08. The molecule has 0 saturated carbocycles. The Morgan fingerprint density at radius 2 is 1.53 bits per heavy atom. The highest BCUT2D eigenvalue weighted by Gasteiger charge is 2.37. The summed E-state index contributed by atoms with van der Waals surface area (Å²) in [4.78, 5) is 52.1. The van der Waals surface area contributed by atoms with E-state index in [4.69, 9.17) is 14.2 Å². The lowest BCUT2D eigenvalue weighted by Gasteiger charge is -2.14. The van der Waals surface area contributed by atoms with Gasteiger partial charge < -0.3 is 19.5 Å². The molecule has 0 aromatic heterocycles. The van der Waals surface area contributed by atoms with Crippen LogP contribution in [0.1, 0.15) is 44.9 Å². The van der Waals surface area contributed by atoms with E-state index < -0.39 is 29.8 Å². The second kappa shape index (κ2) is 10.3. The number of imide groups is 1. The van der Waals surface area contributed by atoms with Crippen LogP contribution in [0.15, 0.2) is 66.7 Å². The zero-order chi connectivity index (χ0) is 25.8. The molecule has 9 heteroatoms. The number of hydrogen-bond donors (Lipinski definition) is 1. The van der Waals surface area contributed by atoms with Crippen LogP contribution in [0.2, 0.25) is 0 Å². The lowest BCUT2D eigenvalue weighted by atomic mass is 10.1. The van der Waals surface area contributed by atoms with Crippen molar-refractivity contribution in [1.29, 1.82) is 0 Å². The molecule has 0 aliphatic carbocycles. The van der Waals surface area contributed by atoms with Crippen LogP contribution in [-0.4, -0.2) is 43.5 Å². The van der Waals surface area contributed by atoms with Crippen LogP contribution >= 0.6 is 0 Å². The van der Waals surface area contributed by atoms with Crippen LogP contribution < -0.4 is 19.7 Å². The third kappa shape index (κ3) is 4.90. The highest BCUT2D eigenvalue weighted by Crippen LogP contribution is 2.30. The minimum absolute atomic E-state index is 0.0486. The molecule has 1 aliphatic heterocycles. The van der Waals surface area contributed by atoms with Gasteiger partial charge in [-0.15, -0.1) is 0 Å². The summed E-state index contributed by atoms with van der Waals surface area (Å²) in [6.07, 6.45) is -1.11. The molecule has 9 nitrogen and oxygen atoms in total. The van der Waals surface area contributed by atoms with Gasteiger partial charge >= 0.3 is 5.97 Å². The van der Waals surface area contributed by atoms with Crippen molar-refractivity contribution in [2.24, 2.45) is 0 Å². The van der Waals surface area contributed by atoms with Gasteiger partial charge in [0.15, 0.2) is 6.10 Å². The van der Waals surface area contributed by atoms with Crippen molar-refractivity contribution in [3.63, 3.8) is 0 Å². The second-order valence-corrected chi connectivity index (χ2v) is 7.90. The first-order chi connectivity index (χ1) is 17.3. The maximum atomic E-state index is 13.0. The molecule has 3 amide bonds. The van der Waals surface area contributed by atoms with Crippen molar-refractivity contribution < 1.29 is 33.4 Å². The second-order valence-electron chi connectivity index (χ2n) is 7.90. The van der Waals surface area contributed by atoms with E-state index in [0.717, 1.165) is 4.90 Å². The highest BCUT2D eigenvalue weighted by atomic mass is 16.5. The first kappa shape index (κ1) is 24.5. The summed E-state index contributed by atoms with van der Waals surface area (Å²) in [5.74, 6) is -1.12. The van der Waals surface area contributed by atoms with Gasteiger partial charge in [0.25, 0.3) is 17.7 Å². The highest BCUT2D eigenvalue weighted by molar-refractivity contribution is 6.34. The van der Waals surface area contributed by atoms with Crippen LogP contribution in [0.3, 0.4) is 0 Å². The van der Waals surface area contributed by atoms with Crippen LogP contribution in [0.25, 0.3) is 0 Å². The summed E-state index contributed by atoms with van der Waals surface area (Å²) in [7, 11) is 1.54. The number of amides is 3. The number of carbonyl (C=O) groups excluding carboxylic acids is 4. The van der Waals surface area contributed by atoms with Crippen LogP contribution in [0.5, 0.6) is 11.5 Å². The van der Waals surface area contributed by atoms with E-state index in [-0.39, 0.29) is 16.7 Å². The number of anilines is 2. The Labute approximate surface area is 207 Å². The third-order valence-electron chi connectivity index (χ3n) is 5.54. The number of hydrogen-bond acceptors (Lipinski definition) is 7. The Balaban J connectivity index is 1.45. The zero-order valence-electron chi connectivity index (χ0n) is 19.9. The van der Waals surface area contributed by atoms with Gasteiger partial charge in [-0.25, -0.2) is 9.69 Å². The molecule has 1 unspecified atom stereocenters. The number of nitrogens with one attached hydrogen (secondary N) is 1. The molecule has 0 fully saturated rings. The number of carbonyl (C=O) groups is 4. The Bertz CT molecular complexity index is 1320. The number of benzene rings is 3. The smallest absolute Gasteiger partial charge is 0.338 e. The van der Waals surface area contributed by atoms with Crippen molar-refractivity contribution in [2.45, 2.75) is 20.0 Å². The van der Waals surface area contributed by atoms with E-state index in [2.05, 4.69) is 5.32 Å². The van der Waals surface area contributed by atoms with Gasteiger partial charge in [0.2, 0.25) is 0 Å². The normalized spacial score (nSPS) is 13.1. The van der Waals surface area contributed by atoms with Crippen molar-refractivity contribution in [2.75, 3.05) is 23.9 Å². The minimum Gasteiger partial charge on any atom is -0.497 e. The molecule has 1 heterocycles. The van der Waals surface area contributed by atoms with Gasteiger partial charge in [0.1, 0.15) is 11.5 Å². The molecule has 3 aromatic carbocycles. The number of nitrogens with zero attached hydrogens (tertiary/aromatic N) is 1. The average molecular weight is 488 g/mol. The summed E-state index contributed by atoms with van der Waals surface area (Å²) in [5, 5.41) is 2.65.